The Morgan fingerprint density at radius 2 is 1.90 bits per heavy atom. The van der Waals surface area contributed by atoms with E-state index < -0.39 is 10.0 Å². The molecule has 1 heterocycles. The van der Waals surface area contributed by atoms with E-state index >= 15 is 0 Å². The first-order valence-corrected chi connectivity index (χ1v) is 8.27. The highest BCUT2D eigenvalue weighted by Crippen LogP contribution is 2.31. The van der Waals surface area contributed by atoms with Crippen LogP contribution in [0.1, 0.15) is 17.1 Å². The molecule has 0 atom stereocenters. The van der Waals surface area contributed by atoms with Gasteiger partial charge in [0.1, 0.15) is 16.4 Å². The van der Waals surface area contributed by atoms with Crippen molar-refractivity contribution in [2.24, 2.45) is 5.73 Å². The van der Waals surface area contributed by atoms with Gasteiger partial charge in [-0.15, -0.1) is 0 Å². The fourth-order valence-corrected chi connectivity index (χ4v) is 3.99. The average molecular weight is 349 g/mol. The summed E-state index contributed by atoms with van der Waals surface area (Å²) >= 11 is 11.8. The summed E-state index contributed by atoms with van der Waals surface area (Å²) < 4.78 is 32.9. The lowest BCUT2D eigenvalue weighted by molar-refractivity contribution is 0.494. The molecule has 0 saturated heterocycles. The van der Waals surface area contributed by atoms with Crippen LogP contribution in [-0.4, -0.2) is 8.42 Å². The van der Waals surface area contributed by atoms with Crippen LogP contribution in [0.5, 0.6) is 0 Å². The number of nitrogens with two attached hydrogens (primary N) is 1. The molecule has 0 saturated carbocycles. The third-order valence-corrected chi connectivity index (χ3v) is 5.10. The topological polar surface area (TPSA) is 85.3 Å². The third kappa shape index (κ3) is 3.18. The fraction of sp³-hybridized carbons (Fsp3) is 0.231. The molecule has 1 aromatic heterocycles. The minimum atomic E-state index is -3.87. The van der Waals surface area contributed by atoms with Gasteiger partial charge < -0.3 is 10.2 Å². The largest absolute Gasteiger partial charge is 0.465 e. The zero-order chi connectivity index (χ0) is 15.8. The number of nitrogens with one attached hydrogen (secondary N) is 1. The van der Waals surface area contributed by atoms with Gasteiger partial charge in [0.25, 0.3) is 10.0 Å². The smallest absolute Gasteiger partial charge is 0.265 e. The lowest BCUT2D eigenvalue weighted by Gasteiger charge is -2.10. The molecular weight excluding hydrogens is 335 g/mol. The molecule has 5 nitrogen and oxygen atoms in total. The van der Waals surface area contributed by atoms with Gasteiger partial charge in [-0.05, 0) is 32.0 Å². The Morgan fingerprint density at radius 1 is 1.24 bits per heavy atom. The highest BCUT2D eigenvalue weighted by molar-refractivity contribution is 7.92. The second-order valence-electron chi connectivity index (χ2n) is 4.46. The number of benzene rings is 1. The number of rotatable bonds is 4. The van der Waals surface area contributed by atoms with E-state index in [0.29, 0.717) is 16.3 Å². The van der Waals surface area contributed by atoms with Crippen molar-refractivity contribution in [1.29, 1.82) is 0 Å². The Bertz CT molecular complexity index is 785. The van der Waals surface area contributed by atoms with E-state index in [-0.39, 0.29) is 27.9 Å². The first kappa shape index (κ1) is 16.2. The Balaban J connectivity index is 2.51. The monoisotopic (exact) mass is 348 g/mol. The van der Waals surface area contributed by atoms with Crippen LogP contribution in [-0.2, 0) is 16.6 Å². The summed E-state index contributed by atoms with van der Waals surface area (Å²) in [5, 5.41) is 0.617. The normalized spacial score (nSPS) is 11.7. The van der Waals surface area contributed by atoms with Crippen LogP contribution in [0.2, 0.25) is 10.0 Å². The maximum absolute atomic E-state index is 12.6. The van der Waals surface area contributed by atoms with Crippen LogP contribution in [0.25, 0.3) is 0 Å². The maximum atomic E-state index is 12.6. The third-order valence-electron chi connectivity index (χ3n) is 2.97. The van der Waals surface area contributed by atoms with Gasteiger partial charge in [0.15, 0.2) is 0 Å². The van der Waals surface area contributed by atoms with Gasteiger partial charge in [0.05, 0.1) is 10.7 Å². The highest BCUT2D eigenvalue weighted by Gasteiger charge is 2.26. The summed E-state index contributed by atoms with van der Waals surface area (Å²) in [5.41, 5.74) is 6.25. The molecule has 1 aromatic carbocycles. The number of sulfonamides is 1. The Labute approximate surface area is 133 Å². The van der Waals surface area contributed by atoms with Gasteiger partial charge in [-0.2, -0.15) is 0 Å². The van der Waals surface area contributed by atoms with Crippen molar-refractivity contribution in [2.75, 3.05) is 4.72 Å². The van der Waals surface area contributed by atoms with Crippen LogP contribution in [0, 0.1) is 13.8 Å². The van der Waals surface area contributed by atoms with Crippen molar-refractivity contribution in [1.82, 2.24) is 0 Å². The lowest BCUT2D eigenvalue weighted by atomic mass is 10.2. The van der Waals surface area contributed by atoms with Crippen molar-refractivity contribution < 1.29 is 12.8 Å². The zero-order valence-electron chi connectivity index (χ0n) is 11.4. The number of hydrogen-bond donors (Lipinski definition) is 2. The number of furan rings is 1. The van der Waals surface area contributed by atoms with E-state index in [1.165, 1.54) is 12.1 Å². The van der Waals surface area contributed by atoms with Crippen molar-refractivity contribution in [2.45, 2.75) is 25.3 Å². The van der Waals surface area contributed by atoms with E-state index in [0.717, 1.165) is 0 Å². The Morgan fingerprint density at radius 3 is 2.52 bits per heavy atom. The lowest BCUT2D eigenvalue weighted by Crippen LogP contribution is -2.16. The molecule has 3 N–H and O–H groups in total. The average Bonchev–Trinajstić information content (AvgIpc) is 2.68. The first-order valence-electron chi connectivity index (χ1n) is 6.03. The molecule has 0 amide bonds. The van der Waals surface area contributed by atoms with E-state index in [1.54, 1.807) is 19.9 Å². The second kappa shape index (κ2) is 5.88. The molecule has 0 bridgehead atoms. The molecule has 0 aliphatic heterocycles. The van der Waals surface area contributed by atoms with Crippen LogP contribution < -0.4 is 10.5 Å². The molecule has 0 fully saturated rings. The Hall–Kier alpha value is -1.21. The standard InChI is InChI=1S/C13H14Cl2N2O3S/c1-7-10(6-16)13(8(2)20-7)21(18,19)17-12-5-9(14)3-4-11(12)15/h3-5,17H,6,16H2,1-2H3. The molecule has 2 aromatic rings. The summed E-state index contributed by atoms with van der Waals surface area (Å²) in [6, 6.07) is 4.52. The predicted molar refractivity (Wildman–Crippen MR) is 83.3 cm³/mol. The first-order chi connectivity index (χ1) is 9.76. The van der Waals surface area contributed by atoms with E-state index in [4.69, 9.17) is 33.4 Å². The molecular formula is C13H14Cl2N2O3S. The van der Waals surface area contributed by atoms with Gasteiger partial charge in [0.2, 0.25) is 0 Å². The van der Waals surface area contributed by atoms with Crippen LogP contribution >= 0.6 is 23.2 Å². The summed E-state index contributed by atoms with van der Waals surface area (Å²) in [4.78, 5) is 0.0403. The van der Waals surface area contributed by atoms with Crippen molar-refractivity contribution >= 4 is 38.9 Å². The van der Waals surface area contributed by atoms with Gasteiger partial charge in [-0.3, -0.25) is 4.72 Å². The number of halogens is 2. The van der Waals surface area contributed by atoms with Crippen molar-refractivity contribution in [3.8, 4) is 0 Å². The van der Waals surface area contributed by atoms with Gasteiger partial charge in [0, 0.05) is 17.1 Å². The van der Waals surface area contributed by atoms with E-state index in [2.05, 4.69) is 4.72 Å². The molecule has 0 aliphatic rings. The fourth-order valence-electron chi connectivity index (χ4n) is 2.07. The summed E-state index contributed by atoms with van der Waals surface area (Å²) in [6.45, 7) is 3.30. The molecule has 0 radical (unpaired) electrons. The zero-order valence-corrected chi connectivity index (χ0v) is 13.7. The van der Waals surface area contributed by atoms with Crippen LogP contribution in [0.3, 0.4) is 0 Å². The molecule has 2 rings (SSSR count). The van der Waals surface area contributed by atoms with Gasteiger partial charge in [-0.25, -0.2) is 8.42 Å². The van der Waals surface area contributed by atoms with Crippen molar-refractivity contribution in [3.05, 3.63) is 45.3 Å². The quantitative estimate of drug-likeness (QED) is 0.885. The molecule has 0 spiro atoms. The number of hydrogen-bond acceptors (Lipinski definition) is 4. The number of aryl methyl sites for hydroxylation is 2. The van der Waals surface area contributed by atoms with Gasteiger partial charge in [-0.1, -0.05) is 23.2 Å². The SMILES string of the molecule is Cc1oc(C)c(S(=O)(=O)Nc2cc(Cl)ccc2Cl)c1CN. The van der Waals surface area contributed by atoms with E-state index in [9.17, 15) is 8.42 Å². The van der Waals surface area contributed by atoms with Crippen LogP contribution in [0.4, 0.5) is 5.69 Å². The predicted octanol–water partition coefficient (Wildman–Crippen LogP) is 3.46. The molecule has 0 aliphatic carbocycles. The second-order valence-corrected chi connectivity index (χ2v) is 6.92. The summed E-state index contributed by atoms with van der Waals surface area (Å²) in [5.74, 6) is 0.756. The number of anilines is 1. The summed E-state index contributed by atoms with van der Waals surface area (Å²) in [7, 11) is -3.87. The molecule has 21 heavy (non-hydrogen) atoms. The summed E-state index contributed by atoms with van der Waals surface area (Å²) in [6.07, 6.45) is 0. The minimum Gasteiger partial charge on any atom is -0.465 e. The molecule has 0 unspecified atom stereocenters. The molecule has 114 valence electrons. The Kier molecular flexibility index (Phi) is 4.53. The maximum Gasteiger partial charge on any atom is 0.265 e. The highest BCUT2D eigenvalue weighted by atomic mass is 35.5. The van der Waals surface area contributed by atoms with Crippen LogP contribution in [0.15, 0.2) is 27.5 Å². The minimum absolute atomic E-state index is 0.0403. The van der Waals surface area contributed by atoms with E-state index in [1.807, 2.05) is 0 Å². The van der Waals surface area contributed by atoms with Gasteiger partial charge >= 0.3 is 0 Å². The molecule has 8 heteroatoms. The van der Waals surface area contributed by atoms with Crippen molar-refractivity contribution in [3.63, 3.8) is 0 Å².